The third-order valence-corrected chi connectivity index (χ3v) is 4.99. The van der Waals surface area contributed by atoms with Crippen molar-refractivity contribution in [2.75, 3.05) is 18.0 Å². The lowest BCUT2D eigenvalue weighted by Crippen LogP contribution is -2.54. The van der Waals surface area contributed by atoms with E-state index in [1.54, 1.807) is 0 Å². The number of anilines is 1. The first-order chi connectivity index (χ1) is 9.67. The second-order valence-corrected chi connectivity index (χ2v) is 6.51. The molecule has 1 aromatic rings. The highest BCUT2D eigenvalue weighted by molar-refractivity contribution is 9.10. The molecule has 1 amide bonds. The van der Waals surface area contributed by atoms with E-state index in [-0.39, 0.29) is 12.5 Å². The Hall–Kier alpha value is -1.07. The number of piperidine rings is 2. The summed E-state index contributed by atoms with van der Waals surface area (Å²) in [6.07, 6.45) is 2.64. The topological polar surface area (TPSA) is 52.6 Å². The smallest absolute Gasteiger partial charge is 0.220 e. The molecule has 3 rings (SSSR count). The largest absolute Gasteiger partial charge is 0.392 e. The second kappa shape index (κ2) is 5.74. The van der Waals surface area contributed by atoms with Gasteiger partial charge in [-0.3, -0.25) is 4.79 Å². The number of hydrogen-bond acceptors (Lipinski definition) is 3. The lowest BCUT2D eigenvalue weighted by molar-refractivity contribution is -0.124. The fraction of sp³-hybridized carbons (Fsp3) is 0.533. The van der Waals surface area contributed by atoms with Crippen LogP contribution in [-0.4, -0.2) is 30.1 Å². The molecule has 2 fully saturated rings. The zero-order valence-corrected chi connectivity index (χ0v) is 12.9. The summed E-state index contributed by atoms with van der Waals surface area (Å²) < 4.78 is 1.03. The molecular formula is C15H19BrN2O2. The van der Waals surface area contributed by atoms with E-state index in [1.807, 2.05) is 12.1 Å². The van der Waals surface area contributed by atoms with Gasteiger partial charge in [-0.05, 0) is 52.4 Å². The van der Waals surface area contributed by atoms with E-state index in [1.165, 1.54) is 5.69 Å². The molecule has 0 spiro atoms. The van der Waals surface area contributed by atoms with Crippen LogP contribution in [-0.2, 0) is 11.4 Å². The number of carbonyl (C=O) groups is 1. The normalized spacial score (nSPS) is 26.1. The minimum absolute atomic E-state index is 0.0651. The van der Waals surface area contributed by atoms with Crippen LogP contribution in [0.4, 0.5) is 5.69 Å². The Morgan fingerprint density at radius 3 is 3.00 bits per heavy atom. The number of aliphatic hydroxyl groups is 1. The van der Waals surface area contributed by atoms with Gasteiger partial charge < -0.3 is 15.3 Å². The first-order valence-corrected chi connectivity index (χ1v) is 7.90. The molecule has 0 aromatic heterocycles. The standard InChI is InChI=1S/C15H19BrN2O2/c16-12-7-10(9-19)1-3-14(12)18-6-5-13-11(8-18)2-4-15(20)17-13/h1,3,7,11,13,19H,2,4-6,8-9H2,(H,17,20). The fourth-order valence-corrected chi connectivity index (χ4v) is 3.91. The highest BCUT2D eigenvalue weighted by Crippen LogP contribution is 2.33. The molecular weight excluding hydrogens is 320 g/mol. The zero-order chi connectivity index (χ0) is 14.1. The third kappa shape index (κ3) is 2.69. The minimum atomic E-state index is 0.0651. The van der Waals surface area contributed by atoms with E-state index in [4.69, 9.17) is 5.11 Å². The summed E-state index contributed by atoms with van der Waals surface area (Å²) in [6.45, 7) is 2.01. The lowest BCUT2D eigenvalue weighted by atomic mass is 9.85. The number of nitrogens with zero attached hydrogens (tertiary/aromatic N) is 1. The summed E-state index contributed by atoms with van der Waals surface area (Å²) in [7, 11) is 0. The monoisotopic (exact) mass is 338 g/mol. The first kappa shape index (κ1) is 13.9. The summed E-state index contributed by atoms with van der Waals surface area (Å²) in [6, 6.07) is 6.36. The Balaban J connectivity index is 1.74. The van der Waals surface area contributed by atoms with Crippen LogP contribution in [0.3, 0.4) is 0 Å². The molecule has 0 saturated carbocycles. The maximum absolute atomic E-state index is 11.4. The van der Waals surface area contributed by atoms with Crippen LogP contribution in [0, 0.1) is 5.92 Å². The van der Waals surface area contributed by atoms with Crippen molar-refractivity contribution in [1.82, 2.24) is 5.32 Å². The van der Waals surface area contributed by atoms with E-state index < -0.39 is 0 Å². The predicted octanol–water partition coefficient (Wildman–Crippen LogP) is 2.05. The molecule has 2 aliphatic heterocycles. The van der Waals surface area contributed by atoms with Gasteiger partial charge in [-0.15, -0.1) is 0 Å². The summed E-state index contributed by atoms with van der Waals surface area (Å²) in [5.74, 6) is 0.749. The average Bonchev–Trinajstić information content (AvgIpc) is 2.46. The van der Waals surface area contributed by atoms with Gasteiger partial charge in [0, 0.05) is 30.0 Å². The molecule has 2 unspecified atom stereocenters. The highest BCUT2D eigenvalue weighted by atomic mass is 79.9. The molecule has 2 N–H and O–H groups in total. The molecule has 2 aliphatic rings. The number of benzene rings is 1. The van der Waals surface area contributed by atoms with Crippen molar-refractivity contribution in [2.45, 2.75) is 31.9 Å². The van der Waals surface area contributed by atoms with Gasteiger partial charge in [-0.1, -0.05) is 6.07 Å². The average molecular weight is 339 g/mol. The molecule has 2 saturated heterocycles. The van der Waals surface area contributed by atoms with Gasteiger partial charge in [0.1, 0.15) is 0 Å². The summed E-state index contributed by atoms with van der Waals surface area (Å²) in [4.78, 5) is 13.8. The molecule has 1 aromatic carbocycles. The number of aliphatic hydroxyl groups excluding tert-OH is 1. The molecule has 0 radical (unpaired) electrons. The SMILES string of the molecule is O=C1CCC2CN(c3ccc(CO)cc3Br)CCC2N1. The molecule has 5 heteroatoms. The fourth-order valence-electron chi connectivity index (χ4n) is 3.23. The summed E-state index contributed by atoms with van der Waals surface area (Å²) >= 11 is 3.60. The Kier molecular flexibility index (Phi) is 3.98. The van der Waals surface area contributed by atoms with Crippen molar-refractivity contribution in [2.24, 2.45) is 5.92 Å². The molecule has 4 nitrogen and oxygen atoms in total. The van der Waals surface area contributed by atoms with Gasteiger partial charge in [-0.25, -0.2) is 0 Å². The molecule has 0 bridgehead atoms. The summed E-state index contributed by atoms with van der Waals surface area (Å²) in [5.41, 5.74) is 2.10. The Bertz CT molecular complexity index is 521. The Morgan fingerprint density at radius 2 is 2.25 bits per heavy atom. The van der Waals surface area contributed by atoms with Crippen LogP contribution < -0.4 is 10.2 Å². The maximum atomic E-state index is 11.4. The Labute approximate surface area is 127 Å². The van der Waals surface area contributed by atoms with Crippen LogP contribution in [0.5, 0.6) is 0 Å². The maximum Gasteiger partial charge on any atom is 0.220 e. The predicted molar refractivity (Wildman–Crippen MR) is 81.5 cm³/mol. The number of halogens is 1. The van der Waals surface area contributed by atoms with Gasteiger partial charge in [0.15, 0.2) is 0 Å². The van der Waals surface area contributed by atoms with E-state index in [2.05, 4.69) is 32.2 Å². The number of fused-ring (bicyclic) bond motifs is 1. The number of amides is 1. The first-order valence-electron chi connectivity index (χ1n) is 7.11. The van der Waals surface area contributed by atoms with Crippen LogP contribution >= 0.6 is 15.9 Å². The number of rotatable bonds is 2. The number of carbonyl (C=O) groups excluding carboxylic acids is 1. The van der Waals surface area contributed by atoms with Gasteiger partial charge in [0.25, 0.3) is 0 Å². The van der Waals surface area contributed by atoms with Crippen molar-refractivity contribution < 1.29 is 9.90 Å². The second-order valence-electron chi connectivity index (χ2n) is 5.65. The molecule has 108 valence electrons. The Morgan fingerprint density at radius 1 is 1.40 bits per heavy atom. The van der Waals surface area contributed by atoms with E-state index >= 15 is 0 Å². The van der Waals surface area contributed by atoms with E-state index in [0.29, 0.717) is 18.4 Å². The molecule has 2 heterocycles. The van der Waals surface area contributed by atoms with Gasteiger partial charge in [0.2, 0.25) is 5.91 Å². The zero-order valence-electron chi connectivity index (χ0n) is 11.3. The molecule has 20 heavy (non-hydrogen) atoms. The lowest BCUT2D eigenvalue weighted by Gasteiger charge is -2.42. The van der Waals surface area contributed by atoms with Crippen LogP contribution in [0.1, 0.15) is 24.8 Å². The van der Waals surface area contributed by atoms with Crippen LogP contribution in [0.2, 0.25) is 0 Å². The van der Waals surface area contributed by atoms with Gasteiger partial charge >= 0.3 is 0 Å². The van der Waals surface area contributed by atoms with Crippen molar-refractivity contribution in [3.8, 4) is 0 Å². The summed E-state index contributed by atoms with van der Waals surface area (Å²) in [5, 5.41) is 12.3. The highest BCUT2D eigenvalue weighted by Gasteiger charge is 2.34. The van der Waals surface area contributed by atoms with Crippen molar-refractivity contribution in [1.29, 1.82) is 0 Å². The quantitative estimate of drug-likeness (QED) is 0.867. The van der Waals surface area contributed by atoms with Crippen molar-refractivity contribution in [3.63, 3.8) is 0 Å². The van der Waals surface area contributed by atoms with Gasteiger partial charge in [0.05, 0.1) is 12.3 Å². The van der Waals surface area contributed by atoms with Crippen LogP contribution in [0.15, 0.2) is 22.7 Å². The molecule has 2 atom stereocenters. The molecule has 0 aliphatic carbocycles. The van der Waals surface area contributed by atoms with Crippen molar-refractivity contribution >= 4 is 27.5 Å². The van der Waals surface area contributed by atoms with Gasteiger partial charge in [-0.2, -0.15) is 0 Å². The van der Waals surface area contributed by atoms with E-state index in [0.717, 1.165) is 36.0 Å². The van der Waals surface area contributed by atoms with E-state index in [9.17, 15) is 4.79 Å². The third-order valence-electron chi connectivity index (χ3n) is 4.36. The number of hydrogen-bond donors (Lipinski definition) is 2. The van der Waals surface area contributed by atoms with Crippen LogP contribution in [0.25, 0.3) is 0 Å². The number of nitrogens with one attached hydrogen (secondary N) is 1. The van der Waals surface area contributed by atoms with Crippen molar-refractivity contribution in [3.05, 3.63) is 28.2 Å². The minimum Gasteiger partial charge on any atom is -0.392 e.